The van der Waals surface area contributed by atoms with Gasteiger partial charge in [0, 0.05) is 0 Å². The number of ether oxygens (including phenoxy) is 3. The predicted octanol–water partition coefficient (Wildman–Crippen LogP) is 7.69. The van der Waals surface area contributed by atoms with Gasteiger partial charge in [0.1, 0.15) is 11.3 Å². The number of hydrogen-bond donors (Lipinski definition) is 0. The van der Waals surface area contributed by atoms with Gasteiger partial charge in [0.15, 0.2) is 11.6 Å². The second-order valence-corrected chi connectivity index (χ2v) is 8.01. The van der Waals surface area contributed by atoms with E-state index in [1.165, 1.54) is 6.92 Å². The van der Waals surface area contributed by atoms with E-state index in [2.05, 4.69) is 10.8 Å². The number of benzene rings is 2. The Hall–Kier alpha value is -2.68. The first-order valence-electron chi connectivity index (χ1n) is 11.0. The van der Waals surface area contributed by atoms with E-state index in [9.17, 15) is 26.3 Å². The minimum atomic E-state index is -4.26. The molecule has 1 saturated carbocycles. The molecular weight excluding hydrogens is 462 g/mol. The van der Waals surface area contributed by atoms with Crippen LogP contribution in [-0.2, 0) is 17.0 Å². The van der Waals surface area contributed by atoms with Crippen molar-refractivity contribution in [1.29, 1.82) is 0 Å². The smallest absolute Gasteiger partial charge is 0.429 e. The fourth-order valence-electron chi connectivity index (χ4n) is 3.89. The van der Waals surface area contributed by atoms with E-state index in [4.69, 9.17) is 9.47 Å². The fraction of sp³-hybridized carbons (Fsp3) is 0.440. The molecule has 0 heterocycles. The van der Waals surface area contributed by atoms with Crippen molar-refractivity contribution in [2.75, 3.05) is 6.61 Å². The average molecular weight is 488 g/mol. The third-order valence-corrected chi connectivity index (χ3v) is 5.59. The third-order valence-electron chi connectivity index (χ3n) is 5.59. The standard InChI is InChI=1S/C25H26F6O3/c1-3-5-16-6-10-18(11-7-16)33-24(28,29)17-8-12-19(13-9-17)34-25(30,31)20-14-15-21(32-4-2)23(27)22(20)26/h3,5,8-9,12-16,18H,4,6-7,10-11H2,1-2H3. The van der Waals surface area contributed by atoms with Gasteiger partial charge in [0.05, 0.1) is 18.3 Å². The lowest BCUT2D eigenvalue weighted by Gasteiger charge is -2.30. The molecule has 0 aromatic heterocycles. The summed E-state index contributed by atoms with van der Waals surface area (Å²) in [7, 11) is 0. The zero-order valence-electron chi connectivity index (χ0n) is 18.8. The van der Waals surface area contributed by atoms with Crippen LogP contribution in [0.2, 0.25) is 0 Å². The third kappa shape index (κ3) is 6.05. The first-order valence-corrected chi connectivity index (χ1v) is 11.0. The summed E-state index contributed by atoms with van der Waals surface area (Å²) in [5.74, 6) is -4.07. The average Bonchev–Trinajstić information content (AvgIpc) is 2.78. The predicted molar refractivity (Wildman–Crippen MR) is 114 cm³/mol. The van der Waals surface area contributed by atoms with Gasteiger partial charge in [-0.3, -0.25) is 0 Å². The molecule has 3 nitrogen and oxygen atoms in total. The molecular formula is C25H26F6O3. The zero-order valence-corrected chi connectivity index (χ0v) is 18.8. The Bertz CT molecular complexity index is 983. The van der Waals surface area contributed by atoms with Gasteiger partial charge in [-0.1, -0.05) is 12.2 Å². The molecule has 0 spiro atoms. The maximum Gasteiger partial charge on any atom is 0.429 e. The van der Waals surface area contributed by atoms with Crippen molar-refractivity contribution >= 4 is 0 Å². The molecule has 0 radical (unpaired) electrons. The van der Waals surface area contributed by atoms with Gasteiger partial charge < -0.3 is 14.2 Å². The minimum Gasteiger partial charge on any atom is -0.491 e. The summed E-state index contributed by atoms with van der Waals surface area (Å²) < 4.78 is 101. The van der Waals surface area contributed by atoms with Crippen molar-refractivity contribution in [3.05, 3.63) is 71.3 Å². The Morgan fingerprint density at radius 1 is 0.882 bits per heavy atom. The van der Waals surface area contributed by atoms with Crippen LogP contribution in [0.5, 0.6) is 11.5 Å². The molecule has 186 valence electrons. The summed E-state index contributed by atoms with van der Waals surface area (Å²) in [4.78, 5) is 0. The monoisotopic (exact) mass is 488 g/mol. The molecule has 0 bridgehead atoms. The number of allylic oxidation sites excluding steroid dienone is 2. The summed E-state index contributed by atoms with van der Waals surface area (Å²) >= 11 is 0. The van der Waals surface area contributed by atoms with Crippen molar-refractivity contribution in [2.45, 2.75) is 57.9 Å². The largest absolute Gasteiger partial charge is 0.491 e. The Kier molecular flexibility index (Phi) is 8.17. The van der Waals surface area contributed by atoms with Gasteiger partial charge in [-0.2, -0.15) is 22.0 Å². The van der Waals surface area contributed by atoms with Crippen LogP contribution in [0.15, 0.2) is 48.6 Å². The maximum absolute atomic E-state index is 14.6. The summed E-state index contributed by atoms with van der Waals surface area (Å²) in [6.07, 6.45) is -2.04. The molecule has 0 amide bonds. The van der Waals surface area contributed by atoms with Crippen LogP contribution in [-0.4, -0.2) is 12.7 Å². The van der Waals surface area contributed by atoms with E-state index >= 15 is 0 Å². The molecule has 0 unspecified atom stereocenters. The minimum absolute atomic E-state index is 0.0146. The van der Waals surface area contributed by atoms with Crippen molar-refractivity contribution in [1.82, 2.24) is 0 Å². The van der Waals surface area contributed by atoms with Gasteiger partial charge in [-0.05, 0) is 81.8 Å². The van der Waals surface area contributed by atoms with Gasteiger partial charge >= 0.3 is 12.2 Å². The van der Waals surface area contributed by atoms with E-state index < -0.39 is 52.6 Å². The topological polar surface area (TPSA) is 27.7 Å². The van der Waals surface area contributed by atoms with Gasteiger partial charge in [0.2, 0.25) is 5.82 Å². The first kappa shape index (κ1) is 25.9. The molecule has 0 N–H and O–H groups in total. The normalized spacial score (nSPS) is 19.4. The van der Waals surface area contributed by atoms with Crippen molar-refractivity contribution < 1.29 is 40.6 Å². The Balaban J connectivity index is 1.67. The van der Waals surface area contributed by atoms with E-state index in [-0.39, 0.29) is 6.61 Å². The molecule has 0 atom stereocenters. The number of halogens is 6. The highest BCUT2D eigenvalue weighted by molar-refractivity contribution is 5.34. The highest BCUT2D eigenvalue weighted by Crippen LogP contribution is 2.39. The summed E-state index contributed by atoms with van der Waals surface area (Å²) in [5.41, 5.74) is -1.88. The van der Waals surface area contributed by atoms with E-state index in [1.807, 2.05) is 13.0 Å². The highest BCUT2D eigenvalue weighted by atomic mass is 19.3. The number of alkyl halides is 4. The summed E-state index contributed by atoms with van der Waals surface area (Å²) in [6.45, 7) is 3.45. The van der Waals surface area contributed by atoms with Crippen LogP contribution in [0.25, 0.3) is 0 Å². The molecule has 0 aliphatic heterocycles. The van der Waals surface area contributed by atoms with Gasteiger partial charge in [0.25, 0.3) is 0 Å². The van der Waals surface area contributed by atoms with E-state index in [0.717, 1.165) is 43.2 Å². The Morgan fingerprint density at radius 3 is 2.12 bits per heavy atom. The van der Waals surface area contributed by atoms with Crippen LogP contribution in [0.4, 0.5) is 26.3 Å². The summed E-state index contributed by atoms with van der Waals surface area (Å²) in [6, 6.07) is 5.09. The van der Waals surface area contributed by atoms with Gasteiger partial charge in [-0.15, -0.1) is 0 Å². The molecule has 3 rings (SSSR count). The lowest BCUT2D eigenvalue weighted by molar-refractivity contribution is -0.277. The molecule has 1 aliphatic carbocycles. The lowest BCUT2D eigenvalue weighted by Crippen LogP contribution is -2.29. The zero-order chi connectivity index (χ0) is 24.9. The molecule has 34 heavy (non-hydrogen) atoms. The molecule has 2 aromatic rings. The quantitative estimate of drug-likeness (QED) is 0.268. The van der Waals surface area contributed by atoms with E-state index in [1.54, 1.807) is 0 Å². The van der Waals surface area contributed by atoms with Crippen LogP contribution in [0.1, 0.15) is 50.7 Å². The second kappa shape index (κ2) is 10.7. The lowest BCUT2D eigenvalue weighted by atomic mass is 9.87. The molecule has 9 heteroatoms. The van der Waals surface area contributed by atoms with Crippen molar-refractivity contribution in [3.8, 4) is 11.5 Å². The van der Waals surface area contributed by atoms with Crippen LogP contribution in [0.3, 0.4) is 0 Å². The van der Waals surface area contributed by atoms with Crippen LogP contribution in [0, 0.1) is 17.6 Å². The van der Waals surface area contributed by atoms with Crippen molar-refractivity contribution in [3.63, 3.8) is 0 Å². The van der Waals surface area contributed by atoms with E-state index in [0.29, 0.717) is 24.8 Å². The molecule has 0 saturated heterocycles. The van der Waals surface area contributed by atoms with Crippen LogP contribution >= 0.6 is 0 Å². The Morgan fingerprint density at radius 2 is 1.53 bits per heavy atom. The fourth-order valence-corrected chi connectivity index (χ4v) is 3.89. The first-order chi connectivity index (χ1) is 16.1. The highest BCUT2D eigenvalue weighted by Gasteiger charge is 2.40. The molecule has 2 aromatic carbocycles. The second-order valence-electron chi connectivity index (χ2n) is 8.01. The Labute approximate surface area is 194 Å². The maximum atomic E-state index is 14.6. The van der Waals surface area contributed by atoms with Crippen LogP contribution < -0.4 is 9.47 Å². The molecule has 1 aliphatic rings. The molecule has 1 fully saturated rings. The van der Waals surface area contributed by atoms with Crippen molar-refractivity contribution in [2.24, 2.45) is 5.92 Å². The summed E-state index contributed by atoms with van der Waals surface area (Å²) in [5, 5.41) is 0. The number of rotatable bonds is 9. The SMILES string of the molecule is CC=CC1CCC(OC(F)(F)c2ccc(OC(F)(F)c3ccc(OCC)c(F)c3F)cc2)CC1. The van der Waals surface area contributed by atoms with Gasteiger partial charge in [-0.25, -0.2) is 4.39 Å². The number of hydrogen-bond acceptors (Lipinski definition) is 3.